The molecule has 2 unspecified atom stereocenters. The van der Waals surface area contributed by atoms with Gasteiger partial charge in [-0.1, -0.05) is 0 Å². The van der Waals surface area contributed by atoms with E-state index in [4.69, 9.17) is 10.5 Å². The summed E-state index contributed by atoms with van der Waals surface area (Å²) in [6, 6.07) is -0.133. The molecule has 0 fully saturated rings. The SMILES string of the molecule is CCOCCS(=O)(=O)NC(C)CC(C)N. The van der Waals surface area contributed by atoms with E-state index < -0.39 is 10.0 Å². The molecule has 0 aliphatic carbocycles. The monoisotopic (exact) mass is 238 g/mol. The van der Waals surface area contributed by atoms with Gasteiger partial charge >= 0.3 is 0 Å². The Morgan fingerprint density at radius 1 is 1.40 bits per heavy atom. The molecule has 0 aliphatic rings. The van der Waals surface area contributed by atoms with Crippen LogP contribution in [0.1, 0.15) is 27.2 Å². The maximum absolute atomic E-state index is 11.5. The lowest BCUT2D eigenvalue weighted by atomic mass is 10.1. The summed E-state index contributed by atoms with van der Waals surface area (Å²) in [5.74, 6) is 0.00410. The molecule has 0 bridgehead atoms. The quantitative estimate of drug-likeness (QED) is 0.586. The largest absolute Gasteiger partial charge is 0.381 e. The Morgan fingerprint density at radius 3 is 2.47 bits per heavy atom. The number of nitrogens with one attached hydrogen (secondary N) is 1. The predicted molar refractivity (Wildman–Crippen MR) is 61.1 cm³/mol. The molecule has 0 aromatic carbocycles. The van der Waals surface area contributed by atoms with Gasteiger partial charge in [-0.05, 0) is 27.2 Å². The van der Waals surface area contributed by atoms with Crippen LogP contribution >= 0.6 is 0 Å². The Hall–Kier alpha value is -0.170. The maximum atomic E-state index is 11.5. The van der Waals surface area contributed by atoms with Gasteiger partial charge in [0.1, 0.15) is 0 Å². The Balaban J connectivity index is 3.91. The topological polar surface area (TPSA) is 81.4 Å². The highest BCUT2D eigenvalue weighted by Crippen LogP contribution is 1.97. The van der Waals surface area contributed by atoms with E-state index in [9.17, 15) is 8.42 Å². The second kappa shape index (κ2) is 7.16. The van der Waals surface area contributed by atoms with E-state index in [1.54, 1.807) is 0 Å². The van der Waals surface area contributed by atoms with Crippen molar-refractivity contribution in [2.45, 2.75) is 39.3 Å². The van der Waals surface area contributed by atoms with Crippen molar-refractivity contribution < 1.29 is 13.2 Å². The van der Waals surface area contributed by atoms with Crippen LogP contribution in [0.15, 0.2) is 0 Å². The molecule has 5 nitrogen and oxygen atoms in total. The summed E-state index contributed by atoms with van der Waals surface area (Å²) in [5.41, 5.74) is 5.57. The molecule has 6 heteroatoms. The van der Waals surface area contributed by atoms with Gasteiger partial charge in [0.15, 0.2) is 0 Å². The summed E-state index contributed by atoms with van der Waals surface area (Å²) in [6.45, 7) is 6.26. The normalized spacial score (nSPS) is 16.3. The van der Waals surface area contributed by atoms with Crippen LogP contribution in [0.3, 0.4) is 0 Å². The second-order valence-electron chi connectivity index (χ2n) is 3.75. The lowest BCUT2D eigenvalue weighted by molar-refractivity contribution is 0.163. The summed E-state index contributed by atoms with van der Waals surface area (Å²) in [7, 11) is -3.23. The van der Waals surface area contributed by atoms with Crippen LogP contribution in [0.4, 0.5) is 0 Å². The molecule has 3 N–H and O–H groups in total. The smallest absolute Gasteiger partial charge is 0.214 e. The molecule has 0 saturated heterocycles. The lowest BCUT2D eigenvalue weighted by Gasteiger charge is -2.15. The van der Waals surface area contributed by atoms with Crippen LogP contribution in [0.5, 0.6) is 0 Å². The first-order valence-corrected chi connectivity index (χ1v) is 6.86. The standard InChI is InChI=1S/C9H22N2O3S/c1-4-14-5-6-15(12,13)11-9(3)7-8(2)10/h8-9,11H,4-7,10H2,1-3H3. The van der Waals surface area contributed by atoms with Crippen LogP contribution in [0, 0.1) is 0 Å². The summed E-state index contributed by atoms with van der Waals surface area (Å²) in [4.78, 5) is 0. The van der Waals surface area contributed by atoms with Gasteiger partial charge in [-0.25, -0.2) is 13.1 Å². The number of nitrogens with two attached hydrogens (primary N) is 1. The van der Waals surface area contributed by atoms with Crippen molar-refractivity contribution >= 4 is 10.0 Å². The number of sulfonamides is 1. The summed E-state index contributed by atoms with van der Waals surface area (Å²) in [5, 5.41) is 0. The number of ether oxygens (including phenoxy) is 1. The molecule has 2 atom stereocenters. The van der Waals surface area contributed by atoms with Crippen molar-refractivity contribution in [3.63, 3.8) is 0 Å². The zero-order valence-electron chi connectivity index (χ0n) is 9.69. The van der Waals surface area contributed by atoms with Gasteiger partial charge in [-0.3, -0.25) is 0 Å². The van der Waals surface area contributed by atoms with Crippen molar-refractivity contribution in [3.8, 4) is 0 Å². The Labute approximate surface area is 92.4 Å². The minimum atomic E-state index is -3.23. The van der Waals surface area contributed by atoms with E-state index in [2.05, 4.69) is 4.72 Å². The molecule has 0 rings (SSSR count). The Morgan fingerprint density at radius 2 is 2.00 bits per heavy atom. The highest BCUT2D eigenvalue weighted by Gasteiger charge is 2.14. The highest BCUT2D eigenvalue weighted by atomic mass is 32.2. The van der Waals surface area contributed by atoms with Crippen molar-refractivity contribution in [2.75, 3.05) is 19.0 Å². The fourth-order valence-corrected chi connectivity index (χ4v) is 2.45. The van der Waals surface area contributed by atoms with Crippen molar-refractivity contribution in [2.24, 2.45) is 5.73 Å². The minimum Gasteiger partial charge on any atom is -0.381 e. The molecular weight excluding hydrogens is 216 g/mol. The summed E-state index contributed by atoms with van der Waals surface area (Å²) >= 11 is 0. The molecule has 15 heavy (non-hydrogen) atoms. The van der Waals surface area contributed by atoms with Gasteiger partial charge in [-0.2, -0.15) is 0 Å². The summed E-state index contributed by atoms with van der Waals surface area (Å²) in [6.07, 6.45) is 0.633. The molecule has 0 heterocycles. The van der Waals surface area contributed by atoms with Gasteiger partial charge < -0.3 is 10.5 Å². The third-order valence-corrected chi connectivity index (χ3v) is 3.27. The fraction of sp³-hybridized carbons (Fsp3) is 1.00. The third-order valence-electron chi connectivity index (χ3n) is 1.81. The van der Waals surface area contributed by atoms with Crippen LogP contribution in [0.25, 0.3) is 0 Å². The molecule has 0 aromatic heterocycles. The van der Waals surface area contributed by atoms with E-state index in [0.717, 1.165) is 0 Å². The van der Waals surface area contributed by atoms with E-state index in [1.807, 2.05) is 20.8 Å². The first-order chi connectivity index (χ1) is 6.87. The zero-order valence-corrected chi connectivity index (χ0v) is 10.5. The first-order valence-electron chi connectivity index (χ1n) is 5.20. The van der Waals surface area contributed by atoms with Crippen LogP contribution in [-0.4, -0.2) is 39.5 Å². The van der Waals surface area contributed by atoms with Gasteiger partial charge in [0.2, 0.25) is 10.0 Å². The van der Waals surface area contributed by atoms with Crippen molar-refractivity contribution in [3.05, 3.63) is 0 Å². The molecule has 0 spiro atoms. The van der Waals surface area contributed by atoms with Crippen molar-refractivity contribution in [1.29, 1.82) is 0 Å². The van der Waals surface area contributed by atoms with Crippen molar-refractivity contribution in [1.82, 2.24) is 4.72 Å². The van der Waals surface area contributed by atoms with Crippen LogP contribution < -0.4 is 10.5 Å². The molecule has 92 valence electrons. The lowest BCUT2D eigenvalue weighted by Crippen LogP contribution is -2.38. The fourth-order valence-electron chi connectivity index (χ4n) is 1.28. The Kier molecular flexibility index (Phi) is 7.08. The van der Waals surface area contributed by atoms with Gasteiger partial charge in [0, 0.05) is 18.7 Å². The number of hydrogen-bond acceptors (Lipinski definition) is 4. The number of hydrogen-bond donors (Lipinski definition) is 2. The van der Waals surface area contributed by atoms with Gasteiger partial charge in [0.05, 0.1) is 12.4 Å². The third kappa shape index (κ3) is 8.80. The second-order valence-corrected chi connectivity index (χ2v) is 5.62. The summed E-state index contributed by atoms with van der Waals surface area (Å²) < 4.78 is 30.5. The predicted octanol–water partition coefficient (Wildman–Crippen LogP) is 0.0681. The molecule has 0 saturated carbocycles. The highest BCUT2D eigenvalue weighted by molar-refractivity contribution is 7.89. The van der Waals surface area contributed by atoms with E-state index in [0.29, 0.717) is 13.0 Å². The van der Waals surface area contributed by atoms with E-state index in [1.165, 1.54) is 0 Å². The van der Waals surface area contributed by atoms with Crippen LogP contribution in [0.2, 0.25) is 0 Å². The average Bonchev–Trinajstić information content (AvgIpc) is 2.00. The van der Waals surface area contributed by atoms with E-state index >= 15 is 0 Å². The molecule has 0 aromatic rings. The van der Waals surface area contributed by atoms with Crippen LogP contribution in [-0.2, 0) is 14.8 Å². The average molecular weight is 238 g/mol. The molecular formula is C9H22N2O3S. The minimum absolute atomic E-state index is 0.00410. The molecule has 0 amide bonds. The van der Waals surface area contributed by atoms with Gasteiger partial charge in [0.25, 0.3) is 0 Å². The molecule has 0 radical (unpaired) electrons. The zero-order chi connectivity index (χ0) is 11.9. The van der Waals surface area contributed by atoms with Gasteiger partial charge in [-0.15, -0.1) is 0 Å². The Bertz CT molecular complexity index is 252. The number of rotatable bonds is 8. The van der Waals surface area contributed by atoms with E-state index in [-0.39, 0.29) is 24.4 Å². The maximum Gasteiger partial charge on any atom is 0.214 e. The molecule has 0 aliphatic heterocycles. The first kappa shape index (κ1) is 14.8.